The fraction of sp³-hybridized carbons (Fsp3) is 0.316. The van der Waals surface area contributed by atoms with Gasteiger partial charge in [-0.3, -0.25) is 4.79 Å². The summed E-state index contributed by atoms with van der Waals surface area (Å²) >= 11 is 15.3. The van der Waals surface area contributed by atoms with Gasteiger partial charge in [-0.2, -0.15) is 4.31 Å². The molecule has 0 aliphatic carbocycles. The molecule has 0 saturated heterocycles. The molecule has 158 valence electrons. The molecule has 0 aliphatic heterocycles. The van der Waals surface area contributed by atoms with Crippen molar-refractivity contribution in [1.29, 1.82) is 0 Å². The van der Waals surface area contributed by atoms with Crippen LogP contribution in [0.25, 0.3) is 0 Å². The molecule has 0 fully saturated rings. The van der Waals surface area contributed by atoms with E-state index in [0.29, 0.717) is 22.2 Å². The summed E-state index contributed by atoms with van der Waals surface area (Å²) < 4.78 is 33.2. The summed E-state index contributed by atoms with van der Waals surface area (Å²) in [5.74, 6) is -0.435. The quantitative estimate of drug-likeness (QED) is 0.537. The monoisotopic (exact) mass is 522 g/mol. The molecular weight excluding hydrogens is 503 g/mol. The number of halogens is 3. The SMILES string of the molecule is COC[C@@H](C)NC(=O)CN(Cc1ccc(Cl)c(Cl)c1)S(=O)(=O)c1ccc(Br)cc1. The van der Waals surface area contributed by atoms with Crippen LogP contribution in [0.3, 0.4) is 0 Å². The Hall–Kier alpha value is -1.16. The van der Waals surface area contributed by atoms with Crippen LogP contribution >= 0.6 is 39.1 Å². The normalized spacial score (nSPS) is 12.8. The molecule has 2 aromatic carbocycles. The highest BCUT2D eigenvalue weighted by molar-refractivity contribution is 9.10. The molecule has 2 rings (SSSR count). The van der Waals surface area contributed by atoms with Crippen molar-refractivity contribution in [3.05, 3.63) is 62.5 Å². The lowest BCUT2D eigenvalue weighted by Crippen LogP contribution is -2.44. The number of hydrogen-bond donors (Lipinski definition) is 1. The molecule has 29 heavy (non-hydrogen) atoms. The van der Waals surface area contributed by atoms with Gasteiger partial charge in [0.05, 0.1) is 28.1 Å². The van der Waals surface area contributed by atoms with Crippen LogP contribution in [-0.4, -0.2) is 44.9 Å². The number of nitrogens with zero attached hydrogens (tertiary/aromatic N) is 1. The fourth-order valence-electron chi connectivity index (χ4n) is 2.60. The van der Waals surface area contributed by atoms with Crippen molar-refractivity contribution < 1.29 is 17.9 Å². The lowest BCUT2D eigenvalue weighted by Gasteiger charge is -2.23. The van der Waals surface area contributed by atoms with Gasteiger partial charge < -0.3 is 10.1 Å². The number of rotatable bonds is 9. The molecule has 0 radical (unpaired) electrons. The zero-order valence-corrected chi connectivity index (χ0v) is 19.8. The molecule has 0 heterocycles. The van der Waals surface area contributed by atoms with Gasteiger partial charge in [0, 0.05) is 24.2 Å². The maximum atomic E-state index is 13.2. The van der Waals surface area contributed by atoms with Crippen LogP contribution in [0.5, 0.6) is 0 Å². The first-order valence-corrected chi connectivity index (χ1v) is 11.6. The highest BCUT2D eigenvalue weighted by Gasteiger charge is 2.27. The molecule has 0 bridgehead atoms. The van der Waals surface area contributed by atoms with E-state index in [9.17, 15) is 13.2 Å². The van der Waals surface area contributed by atoms with Gasteiger partial charge in [0.1, 0.15) is 0 Å². The highest BCUT2D eigenvalue weighted by Crippen LogP contribution is 2.25. The Morgan fingerprint density at radius 3 is 2.41 bits per heavy atom. The number of hydrogen-bond acceptors (Lipinski definition) is 4. The van der Waals surface area contributed by atoms with E-state index >= 15 is 0 Å². The molecular formula is C19H21BrCl2N2O4S. The van der Waals surface area contributed by atoms with Crippen molar-refractivity contribution in [3.8, 4) is 0 Å². The average Bonchev–Trinajstić information content (AvgIpc) is 2.64. The summed E-state index contributed by atoms with van der Waals surface area (Å²) in [6.07, 6.45) is 0. The number of benzene rings is 2. The highest BCUT2D eigenvalue weighted by atomic mass is 79.9. The third kappa shape index (κ3) is 6.94. The second-order valence-corrected chi connectivity index (χ2v) is 10.1. The molecule has 10 heteroatoms. The third-order valence-corrected chi connectivity index (χ3v) is 7.01. The molecule has 2 aromatic rings. The lowest BCUT2D eigenvalue weighted by molar-refractivity contribution is -0.122. The van der Waals surface area contributed by atoms with Crippen molar-refractivity contribution in [3.63, 3.8) is 0 Å². The van der Waals surface area contributed by atoms with Gasteiger partial charge in [0.25, 0.3) is 0 Å². The van der Waals surface area contributed by atoms with E-state index < -0.39 is 15.9 Å². The third-order valence-electron chi connectivity index (χ3n) is 3.94. The number of carbonyl (C=O) groups is 1. The molecule has 1 N–H and O–H groups in total. The largest absolute Gasteiger partial charge is 0.383 e. The summed E-state index contributed by atoms with van der Waals surface area (Å²) in [4.78, 5) is 12.5. The number of methoxy groups -OCH3 is 1. The first-order valence-electron chi connectivity index (χ1n) is 8.61. The van der Waals surface area contributed by atoms with E-state index in [-0.39, 0.29) is 24.0 Å². The Morgan fingerprint density at radius 1 is 1.17 bits per heavy atom. The second-order valence-electron chi connectivity index (χ2n) is 6.40. The Balaban J connectivity index is 2.32. The van der Waals surface area contributed by atoms with Crippen LogP contribution in [0.2, 0.25) is 10.0 Å². The van der Waals surface area contributed by atoms with Crippen molar-refractivity contribution in [2.45, 2.75) is 24.4 Å². The first kappa shape index (κ1) is 24.1. The predicted octanol–water partition coefficient (Wildman–Crippen LogP) is 4.10. The van der Waals surface area contributed by atoms with Crippen molar-refractivity contribution in [1.82, 2.24) is 9.62 Å². The van der Waals surface area contributed by atoms with Crippen LogP contribution < -0.4 is 5.32 Å². The van der Waals surface area contributed by atoms with Gasteiger partial charge >= 0.3 is 0 Å². The molecule has 0 unspecified atom stereocenters. The molecule has 0 spiro atoms. The Labute approximate surface area is 189 Å². The van der Waals surface area contributed by atoms with Gasteiger partial charge in [-0.15, -0.1) is 0 Å². The van der Waals surface area contributed by atoms with E-state index in [1.807, 2.05) is 0 Å². The smallest absolute Gasteiger partial charge is 0.243 e. The summed E-state index contributed by atoms with van der Waals surface area (Å²) in [6.45, 7) is 1.69. The number of sulfonamides is 1. The van der Waals surface area contributed by atoms with Crippen LogP contribution in [0.15, 0.2) is 51.8 Å². The lowest BCUT2D eigenvalue weighted by atomic mass is 10.2. The summed E-state index contributed by atoms with van der Waals surface area (Å²) in [6, 6.07) is 10.8. The van der Waals surface area contributed by atoms with Crippen molar-refractivity contribution in [2.24, 2.45) is 0 Å². The van der Waals surface area contributed by atoms with E-state index in [2.05, 4.69) is 21.2 Å². The van der Waals surface area contributed by atoms with E-state index in [4.69, 9.17) is 27.9 Å². The minimum absolute atomic E-state index is 0.0403. The molecule has 6 nitrogen and oxygen atoms in total. The van der Waals surface area contributed by atoms with E-state index in [0.717, 1.165) is 8.78 Å². The average molecular weight is 524 g/mol. The minimum atomic E-state index is -3.94. The predicted molar refractivity (Wildman–Crippen MR) is 118 cm³/mol. The Bertz CT molecular complexity index is 955. The van der Waals surface area contributed by atoms with Gasteiger partial charge in [-0.1, -0.05) is 45.2 Å². The van der Waals surface area contributed by atoms with Gasteiger partial charge in [0.2, 0.25) is 15.9 Å². The summed E-state index contributed by atoms with van der Waals surface area (Å²) in [5, 5.41) is 3.40. The van der Waals surface area contributed by atoms with Gasteiger partial charge in [-0.05, 0) is 48.9 Å². The fourth-order valence-corrected chi connectivity index (χ4v) is 4.56. The number of carbonyl (C=O) groups excluding carboxylic acids is 1. The second kappa shape index (κ2) is 10.7. The topological polar surface area (TPSA) is 75.7 Å². The maximum Gasteiger partial charge on any atom is 0.243 e. The number of amides is 1. The Kier molecular flexibility index (Phi) is 8.93. The molecule has 0 saturated carbocycles. The first-order chi connectivity index (χ1) is 13.6. The molecule has 0 aliphatic rings. The number of ether oxygens (including phenoxy) is 1. The van der Waals surface area contributed by atoms with Gasteiger partial charge in [-0.25, -0.2) is 8.42 Å². The number of nitrogens with one attached hydrogen (secondary N) is 1. The molecule has 0 aromatic heterocycles. The molecule has 1 atom stereocenters. The van der Waals surface area contributed by atoms with Crippen molar-refractivity contribution >= 4 is 55.1 Å². The maximum absolute atomic E-state index is 13.2. The standard InChI is InChI=1S/C19H21BrCl2N2O4S/c1-13(12-28-2)23-19(25)11-24(10-14-3-8-17(21)18(22)9-14)29(26,27)16-6-4-15(20)5-7-16/h3-9,13H,10-12H2,1-2H3,(H,23,25)/t13-/m1/s1. The van der Waals surface area contributed by atoms with Crippen LogP contribution in [0, 0.1) is 0 Å². The van der Waals surface area contributed by atoms with Crippen LogP contribution in [-0.2, 0) is 26.1 Å². The van der Waals surface area contributed by atoms with Crippen molar-refractivity contribution in [2.75, 3.05) is 20.3 Å². The minimum Gasteiger partial charge on any atom is -0.383 e. The van der Waals surface area contributed by atoms with Crippen LogP contribution in [0.1, 0.15) is 12.5 Å². The van der Waals surface area contributed by atoms with E-state index in [1.54, 1.807) is 37.3 Å². The zero-order valence-electron chi connectivity index (χ0n) is 15.9. The summed E-state index contributed by atoms with van der Waals surface area (Å²) in [5.41, 5.74) is 0.609. The van der Waals surface area contributed by atoms with Gasteiger partial charge in [0.15, 0.2) is 0 Å². The summed E-state index contributed by atoms with van der Waals surface area (Å²) in [7, 11) is -2.41. The Morgan fingerprint density at radius 2 is 1.83 bits per heavy atom. The van der Waals surface area contributed by atoms with E-state index in [1.165, 1.54) is 19.2 Å². The van der Waals surface area contributed by atoms with Crippen LogP contribution in [0.4, 0.5) is 0 Å². The molecule has 1 amide bonds. The zero-order chi connectivity index (χ0) is 21.6.